The lowest BCUT2D eigenvalue weighted by molar-refractivity contribution is -0.137. The van der Waals surface area contributed by atoms with E-state index in [1.165, 1.54) is 76.7 Å². The summed E-state index contributed by atoms with van der Waals surface area (Å²) in [5.74, 6) is 2.97. The molecule has 1 saturated heterocycles. The number of hydrogen-bond acceptors (Lipinski definition) is 26. The van der Waals surface area contributed by atoms with Crippen LogP contribution >= 0.6 is 45.3 Å². The Labute approximate surface area is 876 Å². The van der Waals surface area contributed by atoms with Gasteiger partial charge in [0.25, 0.3) is 11.8 Å². The quantitative estimate of drug-likeness (QED) is 0.0214. The third kappa shape index (κ3) is 31.5. The molecule has 0 amide bonds. The maximum atomic E-state index is 13.9. The van der Waals surface area contributed by atoms with Crippen LogP contribution in [0.15, 0.2) is 229 Å². The molecule has 0 radical (unpaired) electrons. The van der Waals surface area contributed by atoms with E-state index in [1.54, 1.807) is 55.9 Å². The minimum Gasteiger partial charge on any atom is -0.497 e. The molecule has 1 N–H and O–H groups in total. The van der Waals surface area contributed by atoms with Crippen molar-refractivity contribution in [1.29, 1.82) is 0 Å². The van der Waals surface area contributed by atoms with Crippen molar-refractivity contribution in [1.82, 2.24) is 49.8 Å². The van der Waals surface area contributed by atoms with Gasteiger partial charge in [-0.05, 0) is 174 Å². The van der Waals surface area contributed by atoms with Gasteiger partial charge in [0, 0.05) is 142 Å². The zero-order chi connectivity index (χ0) is 104. The monoisotopic (exact) mass is 2100 g/mol. The lowest BCUT2D eigenvalue weighted by Gasteiger charge is -2.34. The number of hydrogen-bond donors (Lipinski definition) is 1. The normalized spacial score (nSPS) is 14.0. The van der Waals surface area contributed by atoms with Crippen LogP contribution in [0.3, 0.4) is 0 Å². The third-order valence-corrected chi connectivity index (χ3v) is 29.3. The number of thiazole rings is 4. The van der Waals surface area contributed by atoms with E-state index in [0.29, 0.717) is 148 Å². The fourth-order valence-electron chi connectivity index (χ4n) is 17.9. The molecular formula is C115H125F7N10O12S4. The molecule has 9 aromatic carbocycles. The van der Waals surface area contributed by atoms with E-state index in [9.17, 15) is 40.3 Å². The number of Topliss-reactive ketones (excluding diaryl/α,β-unsaturated/α-hetero) is 2. The second-order valence-electron chi connectivity index (χ2n) is 38.4. The lowest BCUT2D eigenvalue weighted by atomic mass is 9.90. The number of unbranched alkanes of at least 4 members (excludes halogenated alkanes) is 2. The molecule has 9 heterocycles. The Morgan fingerprint density at radius 1 is 0.419 bits per heavy atom. The van der Waals surface area contributed by atoms with Gasteiger partial charge < -0.3 is 57.6 Å². The van der Waals surface area contributed by atoms with E-state index in [0.717, 1.165) is 202 Å². The molecule has 1 aliphatic carbocycles. The molecule has 0 atom stereocenters. The van der Waals surface area contributed by atoms with Gasteiger partial charge in [-0.15, -0.1) is 45.3 Å². The van der Waals surface area contributed by atoms with Crippen LogP contribution in [0, 0.1) is 11.8 Å². The molecule has 148 heavy (non-hydrogen) atoms. The highest BCUT2D eigenvalue weighted by molar-refractivity contribution is 7.10. The van der Waals surface area contributed by atoms with E-state index in [1.807, 2.05) is 101 Å². The molecule has 13 aromatic rings. The number of carbonyl (C=O) groups excluding carboxylic acids is 2. The summed E-state index contributed by atoms with van der Waals surface area (Å²) in [5.41, 5.74) is 12.8. The highest BCUT2D eigenvalue weighted by atomic mass is 32.1. The minimum atomic E-state index is -4.38. The van der Waals surface area contributed by atoms with Gasteiger partial charge in [-0.1, -0.05) is 168 Å². The fraction of sp³-hybridized carbons (Fsp3) is 0.374. The van der Waals surface area contributed by atoms with E-state index in [-0.39, 0.29) is 49.9 Å². The van der Waals surface area contributed by atoms with Gasteiger partial charge in [-0.25, -0.2) is 37.5 Å². The van der Waals surface area contributed by atoms with Crippen LogP contribution in [0.5, 0.6) is 57.5 Å². The number of carbonyl (C=O) groups is 2. The number of halogens is 7. The van der Waals surface area contributed by atoms with Crippen molar-refractivity contribution in [2.75, 3.05) is 54.5 Å². The number of ketones is 2. The first-order chi connectivity index (χ1) is 71.4. The van der Waals surface area contributed by atoms with Crippen LogP contribution in [-0.4, -0.2) is 117 Å². The highest BCUT2D eigenvalue weighted by Gasteiger charge is 2.34. The average Bonchev–Trinajstić information content (AvgIpc) is 1.46. The molecule has 6 aliphatic rings. The number of methoxy groups -OCH3 is 2. The number of rotatable bonds is 45. The van der Waals surface area contributed by atoms with E-state index in [4.69, 9.17) is 57.3 Å². The zero-order valence-corrected chi connectivity index (χ0v) is 87.6. The van der Waals surface area contributed by atoms with Crippen molar-refractivity contribution in [2.24, 2.45) is 11.8 Å². The number of benzene rings is 9. The first kappa shape index (κ1) is 108. The van der Waals surface area contributed by atoms with Crippen molar-refractivity contribution in [3.8, 4) is 57.5 Å². The van der Waals surface area contributed by atoms with Crippen molar-refractivity contribution in [2.45, 2.75) is 214 Å². The molecule has 2 fully saturated rings. The standard InChI is InChI=1S/C35H39N3O4S.C28H32F2N2O3S.C27H30F2N2O3S.C25H24F3N3O2S/c1-25(38-15-13-27(14-16-38)17-26-7-5-4-6-8-26)31-23-43-35(36-31)22-37(20-28-9-12-32-34(18-28)42-24-41-32)21-29-10-11-30(39-2)19-33(29)40-3;1-19(2)6-4-9-24(33)23-17-36-27(31-23)16-32(14-20-7-5-8-22(12-20)28(3,29)30)15-21-10-11-25-26(13-21)35-18-34-25;1-3-4-5-9-23(32)22-17-35-26(30-22)16-31(14-19-7-6-8-21(12-19)27(2,28)29)15-20-10-11-24-25(13-20)34-18-33-24;1-16(29-20-6-7-20)21-14-34-24(30-21)13-31(11-17-3-2-4-19(9-17)25(26,27)28)12-18-5-8-22-23(10-18)33-15-32-22/h4-12,18-19,23,27H,1,13-17,20-22,24H2,2-3H3;5,7-8,10-13,17,19H,4,6,9,14-16,18H2,1-3H3;6-8,10-13,17H,3-5,9,14-16,18H2,1-2H3;2-5,8-10,14,20,29H,1,6-7,11-13,15H2. The number of nitrogens with zero attached hydrogens (tertiary/aromatic N) is 9. The van der Waals surface area contributed by atoms with Gasteiger partial charge in [-0.3, -0.25) is 29.2 Å². The van der Waals surface area contributed by atoms with Crippen LogP contribution in [0.25, 0.3) is 11.4 Å². The molecule has 1 saturated carbocycles. The molecular weight excluding hydrogens is 1970 g/mol. The van der Waals surface area contributed by atoms with Gasteiger partial charge >= 0.3 is 6.18 Å². The van der Waals surface area contributed by atoms with Crippen molar-refractivity contribution < 1.29 is 87.7 Å². The summed E-state index contributed by atoms with van der Waals surface area (Å²) < 4.78 is 150. The van der Waals surface area contributed by atoms with Crippen LogP contribution < -0.4 is 52.7 Å². The number of aromatic nitrogens is 4. The maximum absolute atomic E-state index is 13.9. The molecule has 0 unspecified atom stereocenters. The van der Waals surface area contributed by atoms with Crippen LogP contribution in [0.1, 0.15) is 224 Å². The Bertz CT molecular complexity index is 6630. The Morgan fingerprint density at radius 3 is 1.20 bits per heavy atom. The number of nitrogens with one attached hydrogen (secondary N) is 1. The fourth-order valence-corrected chi connectivity index (χ4v) is 21.3. The smallest absolute Gasteiger partial charge is 0.416 e. The number of ether oxygens (including phenoxy) is 10. The Kier molecular flexibility index (Phi) is 37.2. The molecule has 5 aliphatic heterocycles. The average molecular weight is 2100 g/mol. The first-order valence-electron chi connectivity index (χ1n) is 49.9. The Balaban J connectivity index is 0.000000141. The molecule has 33 heteroatoms. The minimum absolute atomic E-state index is 0.00718. The van der Waals surface area contributed by atoms with E-state index >= 15 is 0 Å². The summed E-state index contributed by atoms with van der Waals surface area (Å²) in [6.45, 7) is 26.1. The van der Waals surface area contributed by atoms with Crippen LogP contribution in [0.4, 0.5) is 30.7 Å². The molecule has 4 aromatic heterocycles. The number of piperidine rings is 1. The number of fused-ring (bicyclic) bond motifs is 4. The topological polar surface area (TPSA) is 206 Å². The van der Waals surface area contributed by atoms with Crippen LogP contribution in [0.2, 0.25) is 0 Å². The maximum Gasteiger partial charge on any atom is 0.416 e. The van der Waals surface area contributed by atoms with Crippen molar-refractivity contribution in [3.63, 3.8) is 0 Å². The second kappa shape index (κ2) is 51.0. The van der Waals surface area contributed by atoms with Crippen molar-refractivity contribution >= 4 is 68.3 Å². The molecule has 0 bridgehead atoms. The number of likely N-dealkylation sites (tertiary alicyclic amines) is 1. The van der Waals surface area contributed by atoms with Gasteiger partial charge in [0.05, 0.1) is 68.7 Å². The van der Waals surface area contributed by atoms with Crippen LogP contribution in [-0.2, 0) is 103 Å². The van der Waals surface area contributed by atoms with Gasteiger partial charge in [-0.2, -0.15) is 13.2 Å². The van der Waals surface area contributed by atoms with Crippen molar-refractivity contribution in [3.05, 3.63) is 338 Å². The Morgan fingerprint density at radius 2 is 0.797 bits per heavy atom. The predicted octanol–water partition coefficient (Wildman–Crippen LogP) is 27.0. The van der Waals surface area contributed by atoms with E-state index in [2.05, 4.69) is 128 Å². The molecule has 19 rings (SSSR count). The van der Waals surface area contributed by atoms with Gasteiger partial charge in [0.15, 0.2) is 57.6 Å². The first-order valence-corrected chi connectivity index (χ1v) is 53.4. The molecule has 0 spiro atoms. The molecule has 780 valence electrons. The van der Waals surface area contributed by atoms with E-state index < -0.39 is 23.6 Å². The van der Waals surface area contributed by atoms with Gasteiger partial charge in [0.1, 0.15) is 42.9 Å². The highest BCUT2D eigenvalue weighted by Crippen LogP contribution is 2.42. The predicted molar refractivity (Wildman–Crippen MR) is 564 cm³/mol. The summed E-state index contributed by atoms with van der Waals surface area (Å²) in [7, 11) is 3.37. The third-order valence-electron chi connectivity index (χ3n) is 25.9. The van der Waals surface area contributed by atoms with Gasteiger partial charge in [0.2, 0.25) is 27.2 Å². The second-order valence-corrected chi connectivity index (χ2v) is 42.2. The summed E-state index contributed by atoms with van der Waals surface area (Å²) in [5, 5.41) is 14.7. The Hall–Kier alpha value is -12.7. The zero-order valence-electron chi connectivity index (χ0n) is 84.3. The largest absolute Gasteiger partial charge is 0.497 e. The summed E-state index contributed by atoms with van der Waals surface area (Å²) in [6, 6.07) is 59.3. The number of alkyl halides is 7. The lowest BCUT2D eigenvalue weighted by Crippen LogP contribution is -2.33. The summed E-state index contributed by atoms with van der Waals surface area (Å²) in [6.07, 6.45) is 7.28. The molecule has 22 nitrogen and oxygen atoms in total. The summed E-state index contributed by atoms with van der Waals surface area (Å²) >= 11 is 6.13. The SMILES string of the molecule is C=C(NC1CC1)c1csc(CN(Cc2cccc(C(F)(F)F)c2)Cc2ccc3c(c2)OCO3)n1.C=C(c1csc(CN(Cc2ccc3c(c2)OCO3)Cc2ccc(OC)cc2OC)n1)N1CCC(Cc2ccccc2)CC1.CC(C)CCCC(=O)c1csc(CN(Cc2cccc(C(C)(F)F)c2)Cc2ccc3c(c2)OCO3)n1.CCCCCC(=O)c1csc(CN(Cc2cccc(C(C)(F)F)c2)Cc2ccc3c(c2)OCO3)n1. The summed E-state index contributed by atoms with van der Waals surface area (Å²) in [4.78, 5) is 55.2.